The largest absolute Gasteiger partial charge is 0.445 e. The molecule has 196 valence electrons. The third-order valence-corrected chi connectivity index (χ3v) is 6.97. The Hall–Kier alpha value is -3.61. The second kappa shape index (κ2) is 12.6. The molecule has 0 spiro atoms. The van der Waals surface area contributed by atoms with Crippen LogP contribution in [-0.2, 0) is 22.6 Å². The van der Waals surface area contributed by atoms with Gasteiger partial charge < -0.3 is 19.2 Å². The maximum Gasteiger partial charge on any atom is 0.407 e. The van der Waals surface area contributed by atoms with Crippen molar-refractivity contribution in [2.75, 3.05) is 6.54 Å². The molecule has 1 fully saturated rings. The van der Waals surface area contributed by atoms with Crippen LogP contribution in [0.5, 0.6) is 5.75 Å². The van der Waals surface area contributed by atoms with Crippen LogP contribution in [0.4, 0.5) is 4.79 Å². The lowest BCUT2D eigenvalue weighted by Crippen LogP contribution is -2.33. The van der Waals surface area contributed by atoms with E-state index in [0.717, 1.165) is 48.8 Å². The molecule has 0 unspecified atom stereocenters. The van der Waals surface area contributed by atoms with Gasteiger partial charge in [0.2, 0.25) is 0 Å². The third kappa shape index (κ3) is 7.21. The summed E-state index contributed by atoms with van der Waals surface area (Å²) in [6.45, 7) is 4.75. The normalized spacial score (nSPS) is 17.4. The van der Waals surface area contributed by atoms with Crippen LogP contribution >= 0.6 is 0 Å². The fourth-order valence-electron chi connectivity index (χ4n) is 4.91. The van der Waals surface area contributed by atoms with E-state index in [0.29, 0.717) is 42.0 Å². The van der Waals surface area contributed by atoms with Crippen molar-refractivity contribution < 1.29 is 23.5 Å². The van der Waals surface area contributed by atoms with Gasteiger partial charge in [-0.25, -0.2) is 9.59 Å². The number of aryl methyl sites for hydroxylation is 2. The number of fused-ring (bicyclic) bond motifs is 1. The fraction of sp³-hybridized carbons (Fsp3) is 0.433. The Morgan fingerprint density at radius 1 is 1.05 bits per heavy atom. The summed E-state index contributed by atoms with van der Waals surface area (Å²) in [5.74, 6) is 0.294. The molecule has 1 aliphatic rings. The Balaban J connectivity index is 1.31. The second-order valence-electron chi connectivity index (χ2n) is 9.91. The molecular weight excluding hydrogens is 470 g/mol. The number of nitrogens with one attached hydrogen (secondary N) is 1. The number of carbonyl (C=O) groups excluding carboxylic acids is 2. The minimum absolute atomic E-state index is 0.202. The number of unbranched alkanes of at least 4 members (excludes halogenated alkanes) is 1. The molecule has 0 atom stereocenters. The molecular formula is C30H35NO6. The number of amides is 1. The van der Waals surface area contributed by atoms with Gasteiger partial charge in [0.1, 0.15) is 17.9 Å². The van der Waals surface area contributed by atoms with Gasteiger partial charge >= 0.3 is 17.7 Å². The SMILES string of the molecule is CCCCc1cc(=O)oc2cc(C)cc(OC(=O)C3CCC(CNC(=O)OCc4ccccc4)CC3)c12. The number of rotatable bonds is 9. The van der Waals surface area contributed by atoms with Gasteiger partial charge in [-0.3, -0.25) is 4.79 Å². The molecule has 1 aromatic heterocycles. The van der Waals surface area contributed by atoms with Crippen LogP contribution < -0.4 is 15.7 Å². The molecule has 1 amide bonds. The molecule has 1 N–H and O–H groups in total. The predicted octanol–water partition coefficient (Wildman–Crippen LogP) is 6.08. The molecule has 0 radical (unpaired) electrons. The highest BCUT2D eigenvalue weighted by molar-refractivity contribution is 5.90. The lowest BCUT2D eigenvalue weighted by molar-refractivity contribution is -0.140. The van der Waals surface area contributed by atoms with Gasteiger partial charge in [-0.1, -0.05) is 43.7 Å². The first kappa shape index (κ1) is 26.5. The van der Waals surface area contributed by atoms with Gasteiger partial charge in [-0.05, 0) is 80.2 Å². The maximum atomic E-state index is 13.1. The molecule has 0 aliphatic heterocycles. The zero-order valence-corrected chi connectivity index (χ0v) is 21.6. The Morgan fingerprint density at radius 2 is 1.81 bits per heavy atom. The summed E-state index contributed by atoms with van der Waals surface area (Å²) < 4.78 is 16.6. The van der Waals surface area contributed by atoms with Crippen LogP contribution in [0.15, 0.2) is 57.7 Å². The highest BCUT2D eigenvalue weighted by atomic mass is 16.5. The van der Waals surface area contributed by atoms with Crippen molar-refractivity contribution in [3.63, 3.8) is 0 Å². The summed E-state index contributed by atoms with van der Waals surface area (Å²) in [6.07, 6.45) is 5.26. The summed E-state index contributed by atoms with van der Waals surface area (Å²) in [7, 11) is 0. The first-order valence-corrected chi connectivity index (χ1v) is 13.2. The standard InChI is InChI=1S/C30H35NO6/c1-3-4-10-24-17-27(32)36-25-15-20(2)16-26(28(24)25)37-29(33)23-13-11-21(12-14-23)18-31-30(34)35-19-22-8-6-5-7-9-22/h5-9,15-17,21,23H,3-4,10-14,18-19H2,1-2H3,(H,31,34). The van der Waals surface area contributed by atoms with E-state index in [-0.39, 0.29) is 18.5 Å². The summed E-state index contributed by atoms with van der Waals surface area (Å²) in [5.41, 5.74) is 2.72. The number of alkyl carbamates (subject to hydrolysis) is 1. The highest BCUT2D eigenvalue weighted by Crippen LogP contribution is 2.34. The van der Waals surface area contributed by atoms with Crippen molar-refractivity contribution in [1.29, 1.82) is 0 Å². The number of carbonyl (C=O) groups is 2. The van der Waals surface area contributed by atoms with Crippen molar-refractivity contribution in [1.82, 2.24) is 5.32 Å². The van der Waals surface area contributed by atoms with Crippen molar-refractivity contribution in [3.05, 3.63) is 75.6 Å². The Bertz CT molecular complexity index is 1270. The molecule has 1 saturated carbocycles. The summed E-state index contributed by atoms with van der Waals surface area (Å²) in [4.78, 5) is 37.2. The van der Waals surface area contributed by atoms with Crippen LogP contribution in [0.1, 0.15) is 62.1 Å². The van der Waals surface area contributed by atoms with Crippen molar-refractivity contribution in [3.8, 4) is 5.75 Å². The maximum absolute atomic E-state index is 13.1. The fourth-order valence-corrected chi connectivity index (χ4v) is 4.91. The zero-order chi connectivity index (χ0) is 26.2. The van der Waals surface area contributed by atoms with E-state index in [2.05, 4.69) is 12.2 Å². The summed E-state index contributed by atoms with van der Waals surface area (Å²) in [6, 6.07) is 14.7. The topological polar surface area (TPSA) is 94.8 Å². The molecule has 1 heterocycles. The summed E-state index contributed by atoms with van der Waals surface area (Å²) in [5, 5.41) is 3.55. The van der Waals surface area contributed by atoms with Crippen LogP contribution in [0.25, 0.3) is 11.0 Å². The van der Waals surface area contributed by atoms with E-state index in [1.54, 1.807) is 0 Å². The van der Waals surface area contributed by atoms with Gasteiger partial charge in [0, 0.05) is 12.6 Å². The number of hydrogen-bond acceptors (Lipinski definition) is 6. The zero-order valence-electron chi connectivity index (χ0n) is 21.6. The Morgan fingerprint density at radius 3 is 2.54 bits per heavy atom. The Labute approximate surface area is 217 Å². The van der Waals surface area contributed by atoms with E-state index in [1.807, 2.05) is 49.4 Å². The molecule has 7 nitrogen and oxygen atoms in total. The van der Waals surface area contributed by atoms with Crippen molar-refractivity contribution in [2.45, 2.75) is 65.4 Å². The molecule has 4 rings (SSSR count). The van der Waals surface area contributed by atoms with Crippen LogP contribution in [-0.4, -0.2) is 18.6 Å². The summed E-state index contributed by atoms with van der Waals surface area (Å²) >= 11 is 0. The lowest BCUT2D eigenvalue weighted by Gasteiger charge is -2.27. The molecule has 2 aromatic carbocycles. The minimum Gasteiger partial charge on any atom is -0.445 e. The molecule has 7 heteroatoms. The van der Waals surface area contributed by atoms with Gasteiger partial charge in [-0.15, -0.1) is 0 Å². The van der Waals surface area contributed by atoms with Crippen molar-refractivity contribution in [2.24, 2.45) is 11.8 Å². The van der Waals surface area contributed by atoms with Gasteiger partial charge in [0.15, 0.2) is 0 Å². The van der Waals surface area contributed by atoms with Crippen molar-refractivity contribution >= 4 is 23.0 Å². The molecule has 0 saturated heterocycles. The average molecular weight is 506 g/mol. The average Bonchev–Trinajstić information content (AvgIpc) is 2.89. The predicted molar refractivity (Wildman–Crippen MR) is 142 cm³/mol. The van der Waals surface area contributed by atoms with Crippen LogP contribution in [0.2, 0.25) is 0 Å². The van der Waals surface area contributed by atoms with E-state index in [1.165, 1.54) is 6.07 Å². The second-order valence-corrected chi connectivity index (χ2v) is 9.91. The van der Waals surface area contributed by atoms with E-state index in [4.69, 9.17) is 13.9 Å². The Kier molecular flexibility index (Phi) is 8.99. The molecule has 0 bridgehead atoms. The first-order chi connectivity index (χ1) is 17.9. The quantitative estimate of drug-likeness (QED) is 0.215. The number of hydrogen-bond donors (Lipinski definition) is 1. The lowest BCUT2D eigenvalue weighted by atomic mass is 9.82. The molecule has 3 aromatic rings. The minimum atomic E-state index is -0.428. The third-order valence-electron chi connectivity index (χ3n) is 6.97. The van der Waals surface area contributed by atoms with Crippen LogP contribution in [0, 0.1) is 18.8 Å². The monoisotopic (exact) mass is 505 g/mol. The van der Waals surface area contributed by atoms with E-state index >= 15 is 0 Å². The van der Waals surface area contributed by atoms with Gasteiger partial charge in [-0.2, -0.15) is 0 Å². The van der Waals surface area contributed by atoms with Gasteiger partial charge in [0.05, 0.1) is 11.3 Å². The van der Waals surface area contributed by atoms with Crippen LogP contribution in [0.3, 0.4) is 0 Å². The van der Waals surface area contributed by atoms with E-state index < -0.39 is 11.7 Å². The van der Waals surface area contributed by atoms with Gasteiger partial charge in [0.25, 0.3) is 0 Å². The first-order valence-electron chi connectivity index (χ1n) is 13.2. The molecule has 37 heavy (non-hydrogen) atoms. The number of ether oxygens (including phenoxy) is 2. The highest BCUT2D eigenvalue weighted by Gasteiger charge is 2.29. The number of esters is 1. The number of benzene rings is 2. The smallest absolute Gasteiger partial charge is 0.407 e. The van der Waals surface area contributed by atoms with E-state index in [9.17, 15) is 14.4 Å². The molecule has 1 aliphatic carbocycles.